The molecule has 7 nitrogen and oxygen atoms in total. The fourth-order valence-electron chi connectivity index (χ4n) is 1.95. The van der Waals surface area contributed by atoms with Gasteiger partial charge in [0.25, 0.3) is 5.91 Å². The van der Waals surface area contributed by atoms with Crippen molar-refractivity contribution in [3.8, 4) is 17.5 Å². The summed E-state index contributed by atoms with van der Waals surface area (Å²) in [6.45, 7) is 3.44. The van der Waals surface area contributed by atoms with Gasteiger partial charge in [0.2, 0.25) is 0 Å². The van der Waals surface area contributed by atoms with E-state index in [4.69, 9.17) is 14.2 Å². The molecule has 0 aliphatic heterocycles. The van der Waals surface area contributed by atoms with Crippen LogP contribution in [0.4, 0.5) is 5.69 Å². The minimum Gasteiger partial charge on any atom is -0.497 e. The molecule has 1 aromatic carbocycles. The number of nitrogens with zero attached hydrogens (tertiary/aromatic N) is 2. The molecule has 23 heavy (non-hydrogen) atoms. The number of hydrogen-bond donors (Lipinski definition) is 1. The number of ether oxygens (including phenoxy) is 3. The van der Waals surface area contributed by atoms with E-state index in [-0.39, 0.29) is 18.5 Å². The normalized spacial score (nSPS) is 10.1. The maximum Gasteiger partial charge on any atom is 0.316 e. The largest absolute Gasteiger partial charge is 0.497 e. The van der Waals surface area contributed by atoms with Crippen LogP contribution in [0.15, 0.2) is 24.3 Å². The standard InChI is InChI=1S/C16H19N3O4/c1-10-15(11(2)18-16(17-10)22-4)19-14(20)9-23-13-7-5-12(21-3)6-8-13/h5-8H,9H2,1-4H3,(H,19,20). The predicted molar refractivity (Wildman–Crippen MR) is 85.2 cm³/mol. The van der Waals surface area contributed by atoms with Crippen molar-refractivity contribution in [2.45, 2.75) is 13.8 Å². The van der Waals surface area contributed by atoms with Gasteiger partial charge in [-0.2, -0.15) is 9.97 Å². The van der Waals surface area contributed by atoms with Crippen molar-refractivity contribution in [3.63, 3.8) is 0 Å². The van der Waals surface area contributed by atoms with Crippen LogP contribution in [-0.2, 0) is 4.79 Å². The first-order valence-electron chi connectivity index (χ1n) is 6.99. The van der Waals surface area contributed by atoms with E-state index >= 15 is 0 Å². The summed E-state index contributed by atoms with van der Waals surface area (Å²) < 4.78 is 15.5. The summed E-state index contributed by atoms with van der Waals surface area (Å²) in [6.07, 6.45) is 0. The van der Waals surface area contributed by atoms with Gasteiger partial charge in [0, 0.05) is 0 Å². The highest BCUT2D eigenvalue weighted by atomic mass is 16.5. The van der Waals surface area contributed by atoms with Crippen molar-refractivity contribution in [1.82, 2.24) is 9.97 Å². The summed E-state index contributed by atoms with van der Waals surface area (Å²) in [5, 5.41) is 2.75. The zero-order valence-electron chi connectivity index (χ0n) is 13.5. The topological polar surface area (TPSA) is 82.6 Å². The van der Waals surface area contributed by atoms with Crippen LogP contribution in [0.1, 0.15) is 11.4 Å². The molecule has 122 valence electrons. The molecule has 0 radical (unpaired) electrons. The SMILES string of the molecule is COc1ccc(OCC(=O)Nc2c(C)nc(OC)nc2C)cc1. The summed E-state index contributed by atoms with van der Waals surface area (Å²) in [6, 6.07) is 7.27. The summed E-state index contributed by atoms with van der Waals surface area (Å²) in [4.78, 5) is 20.3. The molecule has 7 heteroatoms. The maximum absolute atomic E-state index is 12.0. The average Bonchev–Trinajstić information content (AvgIpc) is 2.56. The quantitative estimate of drug-likeness (QED) is 0.879. The van der Waals surface area contributed by atoms with Gasteiger partial charge in [-0.3, -0.25) is 4.79 Å². The van der Waals surface area contributed by atoms with E-state index in [0.29, 0.717) is 22.8 Å². The van der Waals surface area contributed by atoms with Gasteiger partial charge in [-0.1, -0.05) is 0 Å². The first-order chi connectivity index (χ1) is 11.0. The lowest BCUT2D eigenvalue weighted by Crippen LogP contribution is -2.22. The van der Waals surface area contributed by atoms with Gasteiger partial charge in [0.15, 0.2) is 6.61 Å². The molecule has 0 unspecified atom stereocenters. The Morgan fingerprint density at radius 2 is 1.57 bits per heavy atom. The summed E-state index contributed by atoms with van der Waals surface area (Å²) in [7, 11) is 3.08. The number of nitrogens with one attached hydrogen (secondary N) is 1. The Morgan fingerprint density at radius 1 is 1.00 bits per heavy atom. The molecular formula is C16H19N3O4. The molecule has 2 aromatic rings. The second-order valence-electron chi connectivity index (χ2n) is 4.77. The number of aryl methyl sites for hydroxylation is 2. The minimum absolute atomic E-state index is 0.114. The molecule has 1 N–H and O–H groups in total. The van der Waals surface area contributed by atoms with Gasteiger partial charge in [0.05, 0.1) is 31.3 Å². The van der Waals surface area contributed by atoms with Crippen LogP contribution in [-0.4, -0.2) is 36.7 Å². The molecule has 0 spiro atoms. The van der Waals surface area contributed by atoms with Crippen LogP contribution in [0.3, 0.4) is 0 Å². The number of hydrogen-bond acceptors (Lipinski definition) is 6. The molecule has 0 fully saturated rings. The van der Waals surface area contributed by atoms with Crippen molar-refractivity contribution >= 4 is 11.6 Å². The molecule has 2 rings (SSSR count). The first kappa shape index (κ1) is 16.5. The fourth-order valence-corrected chi connectivity index (χ4v) is 1.95. The first-order valence-corrected chi connectivity index (χ1v) is 6.99. The van der Waals surface area contributed by atoms with Crippen LogP contribution in [0.2, 0.25) is 0 Å². The summed E-state index contributed by atoms with van der Waals surface area (Å²) in [5.41, 5.74) is 1.83. The zero-order chi connectivity index (χ0) is 16.8. The fraction of sp³-hybridized carbons (Fsp3) is 0.312. The summed E-state index contributed by atoms with van der Waals surface area (Å²) in [5.74, 6) is 1.02. The van der Waals surface area contributed by atoms with E-state index < -0.39 is 0 Å². The van der Waals surface area contributed by atoms with Gasteiger partial charge < -0.3 is 19.5 Å². The number of carbonyl (C=O) groups is 1. The molecule has 0 saturated heterocycles. The zero-order valence-corrected chi connectivity index (χ0v) is 13.5. The Labute approximate surface area is 134 Å². The average molecular weight is 317 g/mol. The van der Waals surface area contributed by atoms with Crippen LogP contribution >= 0.6 is 0 Å². The molecule has 0 atom stereocenters. The molecule has 1 amide bonds. The van der Waals surface area contributed by atoms with Crippen LogP contribution in [0.5, 0.6) is 17.5 Å². The molecule has 1 heterocycles. The Morgan fingerprint density at radius 3 is 2.09 bits per heavy atom. The van der Waals surface area contributed by atoms with Crippen molar-refractivity contribution in [3.05, 3.63) is 35.7 Å². The third kappa shape index (κ3) is 4.32. The number of rotatable bonds is 6. The minimum atomic E-state index is -0.291. The lowest BCUT2D eigenvalue weighted by Gasteiger charge is -2.12. The van der Waals surface area contributed by atoms with Gasteiger partial charge in [-0.25, -0.2) is 0 Å². The number of methoxy groups -OCH3 is 2. The molecule has 0 saturated carbocycles. The van der Waals surface area contributed by atoms with E-state index in [1.165, 1.54) is 7.11 Å². The highest BCUT2D eigenvalue weighted by molar-refractivity contribution is 5.92. The number of benzene rings is 1. The van der Waals surface area contributed by atoms with Crippen LogP contribution < -0.4 is 19.5 Å². The summed E-state index contributed by atoms with van der Waals surface area (Å²) >= 11 is 0. The van der Waals surface area contributed by atoms with Gasteiger partial charge in [-0.05, 0) is 38.1 Å². The number of aromatic nitrogens is 2. The highest BCUT2D eigenvalue weighted by Crippen LogP contribution is 2.20. The molecular weight excluding hydrogens is 298 g/mol. The number of anilines is 1. The van der Waals surface area contributed by atoms with Crippen molar-refractivity contribution in [1.29, 1.82) is 0 Å². The lowest BCUT2D eigenvalue weighted by atomic mass is 10.3. The van der Waals surface area contributed by atoms with E-state index in [1.54, 1.807) is 45.2 Å². The Kier molecular flexibility index (Phi) is 5.35. The second kappa shape index (κ2) is 7.44. The third-order valence-electron chi connectivity index (χ3n) is 3.13. The van der Waals surface area contributed by atoms with Gasteiger partial charge in [-0.15, -0.1) is 0 Å². The van der Waals surface area contributed by atoms with Crippen molar-refractivity contribution in [2.75, 3.05) is 26.1 Å². The van der Waals surface area contributed by atoms with Crippen molar-refractivity contribution < 1.29 is 19.0 Å². The van der Waals surface area contributed by atoms with Crippen LogP contribution in [0.25, 0.3) is 0 Å². The van der Waals surface area contributed by atoms with Crippen LogP contribution in [0, 0.1) is 13.8 Å². The predicted octanol–water partition coefficient (Wildman–Crippen LogP) is 2.13. The number of carbonyl (C=O) groups excluding carboxylic acids is 1. The Balaban J connectivity index is 1.96. The van der Waals surface area contributed by atoms with Crippen molar-refractivity contribution in [2.24, 2.45) is 0 Å². The molecule has 0 bridgehead atoms. The monoisotopic (exact) mass is 317 g/mol. The molecule has 0 aliphatic rings. The van der Waals surface area contributed by atoms with E-state index in [0.717, 1.165) is 5.75 Å². The van der Waals surface area contributed by atoms with E-state index in [1.807, 2.05) is 0 Å². The van der Waals surface area contributed by atoms with Gasteiger partial charge >= 0.3 is 6.01 Å². The molecule has 0 aliphatic carbocycles. The van der Waals surface area contributed by atoms with Gasteiger partial charge in [0.1, 0.15) is 11.5 Å². The maximum atomic E-state index is 12.0. The smallest absolute Gasteiger partial charge is 0.316 e. The van der Waals surface area contributed by atoms with E-state index in [9.17, 15) is 4.79 Å². The molecule has 1 aromatic heterocycles. The Bertz CT molecular complexity index is 663. The third-order valence-corrected chi connectivity index (χ3v) is 3.13. The second-order valence-corrected chi connectivity index (χ2v) is 4.77. The lowest BCUT2D eigenvalue weighted by molar-refractivity contribution is -0.118. The highest BCUT2D eigenvalue weighted by Gasteiger charge is 2.12. The number of amides is 1. The Hall–Kier alpha value is -2.83. The van der Waals surface area contributed by atoms with E-state index in [2.05, 4.69) is 15.3 Å².